The molecule has 1 atom stereocenters. The van der Waals surface area contributed by atoms with Gasteiger partial charge >= 0.3 is 13.6 Å². The van der Waals surface area contributed by atoms with Gasteiger partial charge in [0.05, 0.1) is 11.8 Å². The van der Waals surface area contributed by atoms with Crippen molar-refractivity contribution in [3.05, 3.63) is 0 Å². The van der Waals surface area contributed by atoms with Crippen LogP contribution in [0.25, 0.3) is 0 Å². The molecule has 0 aromatic carbocycles. The maximum absolute atomic E-state index is 11.2. The third-order valence-corrected chi connectivity index (χ3v) is 4.58. The van der Waals surface area contributed by atoms with E-state index >= 15 is 0 Å². The highest BCUT2D eigenvalue weighted by Crippen LogP contribution is 2.54. The summed E-state index contributed by atoms with van der Waals surface area (Å²) in [4.78, 5) is 29.3. The van der Waals surface area contributed by atoms with Crippen LogP contribution in [0.15, 0.2) is 0 Å². The quantitative estimate of drug-likeness (QED) is 0.543. The van der Waals surface area contributed by atoms with E-state index in [9.17, 15) is 9.36 Å². The van der Waals surface area contributed by atoms with Crippen LogP contribution >= 0.6 is 7.60 Å². The fraction of sp³-hybridized carbons (Fsp3) is 0.889. The predicted octanol–water partition coefficient (Wildman–Crippen LogP) is 1.68. The second-order valence-corrected chi connectivity index (χ2v) is 5.87. The van der Waals surface area contributed by atoms with Gasteiger partial charge in [-0.3, -0.25) is 9.36 Å². The van der Waals surface area contributed by atoms with E-state index in [1.165, 1.54) is 6.92 Å². The van der Waals surface area contributed by atoms with Crippen molar-refractivity contribution in [2.24, 2.45) is 0 Å². The van der Waals surface area contributed by atoms with Gasteiger partial charge in [-0.2, -0.15) is 0 Å². The monoisotopic (exact) mass is 238 g/mol. The van der Waals surface area contributed by atoms with Gasteiger partial charge in [-0.15, -0.1) is 0 Å². The average Bonchev–Trinajstić information content (AvgIpc) is 2.13. The third kappa shape index (κ3) is 4.33. The molecule has 0 aliphatic carbocycles. The summed E-state index contributed by atoms with van der Waals surface area (Å²) in [6, 6.07) is 0. The molecule has 5 nitrogen and oxygen atoms in total. The summed E-state index contributed by atoms with van der Waals surface area (Å²) in [6.45, 7) is 5.18. The fourth-order valence-electron chi connectivity index (χ4n) is 1.13. The zero-order valence-corrected chi connectivity index (χ0v) is 10.3. The summed E-state index contributed by atoms with van der Waals surface area (Å²) < 4.78 is 15.9. The van der Waals surface area contributed by atoms with Crippen molar-refractivity contribution in [3.63, 3.8) is 0 Å². The molecule has 0 aromatic heterocycles. The van der Waals surface area contributed by atoms with Gasteiger partial charge in [0.1, 0.15) is 0 Å². The van der Waals surface area contributed by atoms with Gasteiger partial charge in [0.15, 0.2) is 0 Å². The Morgan fingerprint density at radius 2 is 1.93 bits per heavy atom. The molecule has 15 heavy (non-hydrogen) atoms. The van der Waals surface area contributed by atoms with E-state index < -0.39 is 18.7 Å². The lowest BCUT2D eigenvalue weighted by molar-refractivity contribution is -0.143. The summed E-state index contributed by atoms with van der Waals surface area (Å²) in [5, 5.41) is -1.13. The van der Waals surface area contributed by atoms with E-state index in [-0.39, 0.29) is 19.4 Å². The highest BCUT2D eigenvalue weighted by molar-refractivity contribution is 7.53. The zero-order valence-electron chi connectivity index (χ0n) is 9.39. The van der Waals surface area contributed by atoms with E-state index in [1.54, 1.807) is 13.8 Å². The number of rotatable bonds is 6. The van der Waals surface area contributed by atoms with Crippen LogP contribution in [0.3, 0.4) is 0 Å². The number of carbonyl (C=O) groups is 1. The van der Waals surface area contributed by atoms with Crippen molar-refractivity contribution >= 4 is 13.6 Å². The fourth-order valence-corrected chi connectivity index (χ4v) is 1.95. The van der Waals surface area contributed by atoms with Crippen LogP contribution in [0.4, 0.5) is 0 Å². The lowest BCUT2D eigenvalue weighted by atomic mass is 10.0. The minimum absolute atomic E-state index is 0.0449. The van der Waals surface area contributed by atoms with Crippen LogP contribution in [-0.2, 0) is 14.1 Å². The third-order valence-electron chi connectivity index (χ3n) is 2.64. The predicted molar refractivity (Wildman–Crippen MR) is 56.6 cm³/mol. The normalized spacial score (nSPS) is 15.8. The summed E-state index contributed by atoms with van der Waals surface area (Å²) in [5.74, 6) is -0.411. The number of hydrogen-bond donors (Lipinski definition) is 2. The van der Waals surface area contributed by atoms with E-state index in [0.717, 1.165) is 0 Å². The Hall–Kier alpha value is -0.380. The Morgan fingerprint density at radius 1 is 1.40 bits per heavy atom. The van der Waals surface area contributed by atoms with Gasteiger partial charge in [0.2, 0.25) is 0 Å². The van der Waals surface area contributed by atoms with E-state index in [2.05, 4.69) is 0 Å². The van der Waals surface area contributed by atoms with Crippen molar-refractivity contribution in [1.82, 2.24) is 0 Å². The standard InChI is InChI=1S/C9H19O5P/c1-4-9(3,15(11,12)13)7-6-8(10)14-5-2/h4-7H2,1-3H3,(H2,11,12,13). The van der Waals surface area contributed by atoms with Crippen molar-refractivity contribution in [2.75, 3.05) is 6.61 Å². The van der Waals surface area contributed by atoms with Crippen LogP contribution in [0.1, 0.15) is 40.0 Å². The molecule has 0 fully saturated rings. The molecule has 0 aliphatic heterocycles. The maximum Gasteiger partial charge on any atom is 0.331 e. The number of hydrogen-bond acceptors (Lipinski definition) is 3. The Bertz CT molecular complexity index is 259. The first-order chi connectivity index (χ1) is 6.77. The van der Waals surface area contributed by atoms with Crippen LogP contribution in [0, 0.1) is 0 Å². The number of carbonyl (C=O) groups excluding carboxylic acids is 1. The topological polar surface area (TPSA) is 83.8 Å². The van der Waals surface area contributed by atoms with E-state index in [0.29, 0.717) is 6.42 Å². The second-order valence-electron chi connectivity index (χ2n) is 3.70. The molecule has 0 aliphatic rings. The summed E-state index contributed by atoms with van der Waals surface area (Å²) in [5.41, 5.74) is 0. The lowest BCUT2D eigenvalue weighted by Crippen LogP contribution is -2.25. The minimum Gasteiger partial charge on any atom is -0.466 e. The maximum atomic E-state index is 11.2. The first-order valence-corrected chi connectivity index (χ1v) is 6.59. The van der Waals surface area contributed by atoms with Crippen LogP contribution in [0.2, 0.25) is 0 Å². The summed E-state index contributed by atoms with van der Waals surface area (Å²) in [6.07, 6.45) is 0.520. The minimum atomic E-state index is -4.17. The van der Waals surface area contributed by atoms with Gasteiger partial charge in [0.25, 0.3) is 0 Å². The average molecular weight is 238 g/mol. The molecule has 90 valence electrons. The molecule has 0 saturated heterocycles. The summed E-state index contributed by atoms with van der Waals surface area (Å²) >= 11 is 0. The van der Waals surface area contributed by atoms with E-state index in [4.69, 9.17) is 14.5 Å². The van der Waals surface area contributed by atoms with Crippen molar-refractivity contribution in [1.29, 1.82) is 0 Å². The van der Waals surface area contributed by atoms with Gasteiger partial charge in [-0.1, -0.05) is 6.92 Å². The SMILES string of the molecule is CCOC(=O)CCC(C)(CC)P(=O)(O)O. The largest absolute Gasteiger partial charge is 0.466 e. The molecule has 0 radical (unpaired) electrons. The van der Waals surface area contributed by atoms with Crippen molar-refractivity contribution < 1.29 is 23.9 Å². The van der Waals surface area contributed by atoms with Crippen LogP contribution in [-0.4, -0.2) is 27.5 Å². The second kappa shape index (κ2) is 5.64. The highest BCUT2D eigenvalue weighted by atomic mass is 31.2. The Labute approximate surface area is 90.0 Å². The molecule has 0 aromatic rings. The van der Waals surface area contributed by atoms with Gasteiger partial charge in [-0.25, -0.2) is 0 Å². The van der Waals surface area contributed by atoms with Crippen molar-refractivity contribution in [3.8, 4) is 0 Å². The first-order valence-electron chi connectivity index (χ1n) is 4.98. The summed E-state index contributed by atoms with van der Waals surface area (Å²) in [7, 11) is -4.17. The Balaban J connectivity index is 4.35. The van der Waals surface area contributed by atoms with Crippen LogP contribution in [0.5, 0.6) is 0 Å². The van der Waals surface area contributed by atoms with Gasteiger partial charge < -0.3 is 14.5 Å². The first kappa shape index (κ1) is 14.6. The number of ether oxygens (including phenoxy) is 1. The van der Waals surface area contributed by atoms with Gasteiger partial charge in [0, 0.05) is 6.42 Å². The molecule has 0 rings (SSSR count). The Morgan fingerprint density at radius 3 is 2.27 bits per heavy atom. The van der Waals surface area contributed by atoms with E-state index in [1.807, 2.05) is 0 Å². The molecule has 0 saturated carbocycles. The highest BCUT2D eigenvalue weighted by Gasteiger charge is 2.40. The van der Waals surface area contributed by atoms with Crippen molar-refractivity contribution in [2.45, 2.75) is 45.2 Å². The zero-order chi connectivity index (χ0) is 12.1. The Kier molecular flexibility index (Phi) is 5.49. The molecule has 0 amide bonds. The molecular weight excluding hydrogens is 219 g/mol. The molecule has 6 heteroatoms. The number of esters is 1. The smallest absolute Gasteiger partial charge is 0.331 e. The molecule has 0 heterocycles. The molecule has 0 bridgehead atoms. The molecule has 0 spiro atoms. The lowest BCUT2D eigenvalue weighted by Gasteiger charge is -2.28. The molecular formula is C9H19O5P. The molecule has 2 N–H and O–H groups in total. The molecule has 1 unspecified atom stereocenters. The van der Waals surface area contributed by atoms with Gasteiger partial charge in [-0.05, 0) is 26.7 Å². The van der Waals surface area contributed by atoms with Crippen LogP contribution < -0.4 is 0 Å².